The second-order valence-corrected chi connectivity index (χ2v) is 17.2. The molecule has 3 aliphatic rings. The maximum Gasteiger partial charge on any atom is 0.303 e. The van der Waals surface area contributed by atoms with Crippen LogP contribution in [0.5, 0.6) is 0 Å². The molecule has 0 saturated carbocycles. The van der Waals surface area contributed by atoms with E-state index in [2.05, 4.69) is 37.2 Å². The highest BCUT2D eigenvalue weighted by molar-refractivity contribution is 6.00. The maximum absolute atomic E-state index is 14.2. The quantitative estimate of drug-likeness (QED) is 0.0762. The van der Waals surface area contributed by atoms with Crippen LogP contribution in [0.15, 0.2) is 0 Å². The molecule has 0 aromatic carbocycles. The van der Waals surface area contributed by atoms with Crippen molar-refractivity contribution in [2.75, 3.05) is 19.6 Å². The van der Waals surface area contributed by atoms with Crippen LogP contribution in [0, 0.1) is 5.92 Å². The number of amides is 11. The van der Waals surface area contributed by atoms with E-state index in [9.17, 15) is 78.0 Å². The molecule has 28 heteroatoms. The van der Waals surface area contributed by atoms with Crippen molar-refractivity contribution in [2.24, 2.45) is 23.1 Å². The van der Waals surface area contributed by atoms with Gasteiger partial charge < -0.3 is 84.6 Å². The second-order valence-electron chi connectivity index (χ2n) is 17.2. The maximum atomic E-state index is 14.2. The number of aliphatic hydroxyl groups excluding tert-OH is 3. The highest BCUT2D eigenvalue weighted by Gasteiger charge is 2.47. The first-order valence-corrected chi connectivity index (χ1v) is 22.1. The summed E-state index contributed by atoms with van der Waals surface area (Å²) in [6.45, 7) is 3.05. The monoisotopic (exact) mass is 968 g/mol. The van der Waals surface area contributed by atoms with E-state index in [0.717, 1.165) is 11.8 Å². The Morgan fingerprint density at radius 1 is 0.662 bits per heavy atom. The van der Waals surface area contributed by atoms with E-state index in [4.69, 9.17) is 17.2 Å². The van der Waals surface area contributed by atoms with Gasteiger partial charge in [0.2, 0.25) is 65.0 Å². The average Bonchev–Trinajstić information content (AvgIpc) is 3.84. The molecule has 3 rings (SSSR count). The highest BCUT2D eigenvalue weighted by Crippen LogP contribution is 2.25. The Hall–Kier alpha value is -6.52. The van der Waals surface area contributed by atoms with Crippen LogP contribution in [0.25, 0.3) is 0 Å². The summed E-state index contributed by atoms with van der Waals surface area (Å²) >= 11 is 0. The van der Waals surface area contributed by atoms with Crippen molar-refractivity contribution in [1.29, 1.82) is 0 Å². The van der Waals surface area contributed by atoms with Crippen molar-refractivity contribution >= 4 is 70.9 Å². The van der Waals surface area contributed by atoms with Crippen molar-refractivity contribution < 1.29 is 78.0 Å². The first-order valence-electron chi connectivity index (χ1n) is 22.1. The first kappa shape index (κ1) is 55.8. The number of hydrogen-bond donors (Lipinski definition) is 14. The van der Waals surface area contributed by atoms with Gasteiger partial charge >= 0.3 is 5.97 Å². The minimum Gasteiger partial charge on any atom is -0.481 e. The summed E-state index contributed by atoms with van der Waals surface area (Å²) in [7, 11) is 0. The lowest BCUT2D eigenvalue weighted by Crippen LogP contribution is -2.63. The second kappa shape index (κ2) is 25.6. The fraction of sp³-hybridized carbons (Fsp3) is 0.700. The molecule has 68 heavy (non-hydrogen) atoms. The number of carboxylic acid groups (broad SMARTS) is 1. The summed E-state index contributed by atoms with van der Waals surface area (Å²) in [5.41, 5.74) is 16.4. The van der Waals surface area contributed by atoms with Gasteiger partial charge in [0, 0.05) is 13.0 Å². The Kier molecular flexibility index (Phi) is 21.0. The van der Waals surface area contributed by atoms with Crippen molar-refractivity contribution in [3.63, 3.8) is 0 Å². The molecule has 0 spiro atoms. The third kappa shape index (κ3) is 15.5. The predicted molar refractivity (Wildman–Crippen MR) is 231 cm³/mol. The summed E-state index contributed by atoms with van der Waals surface area (Å²) in [6.07, 6.45) is -8.17. The molecule has 3 saturated heterocycles. The third-order valence-corrected chi connectivity index (χ3v) is 11.5. The lowest BCUT2D eigenvalue weighted by Gasteiger charge is -2.33. The Bertz CT molecular complexity index is 1940. The summed E-state index contributed by atoms with van der Waals surface area (Å²) < 4.78 is 0. The largest absolute Gasteiger partial charge is 0.481 e. The highest BCUT2D eigenvalue weighted by atomic mass is 16.4. The first-order chi connectivity index (χ1) is 31.9. The fourth-order valence-electron chi connectivity index (χ4n) is 7.91. The van der Waals surface area contributed by atoms with Crippen LogP contribution in [-0.4, -0.2) is 188 Å². The Morgan fingerprint density at radius 3 is 1.79 bits per heavy atom. The molecule has 0 aromatic rings. The van der Waals surface area contributed by atoms with Crippen LogP contribution >= 0.6 is 0 Å². The number of nitrogens with one attached hydrogen (secondary N) is 7. The molecule has 11 atom stereocenters. The van der Waals surface area contributed by atoms with E-state index in [1.165, 1.54) is 13.8 Å². The molecule has 0 aliphatic carbocycles. The van der Waals surface area contributed by atoms with Gasteiger partial charge in [0.15, 0.2) is 0 Å². The lowest BCUT2D eigenvalue weighted by molar-refractivity contribution is -0.151. The molecule has 3 aliphatic heterocycles. The van der Waals surface area contributed by atoms with Crippen LogP contribution in [0.3, 0.4) is 0 Å². The molecular weight excluding hydrogens is 905 g/mol. The molecule has 0 bridgehead atoms. The molecule has 17 N–H and O–H groups in total. The van der Waals surface area contributed by atoms with Crippen LogP contribution < -0.4 is 54.4 Å². The van der Waals surface area contributed by atoms with E-state index in [1.54, 1.807) is 0 Å². The summed E-state index contributed by atoms with van der Waals surface area (Å²) in [6, 6.07) is -13.6. The van der Waals surface area contributed by atoms with E-state index in [0.29, 0.717) is 11.3 Å². The Balaban J connectivity index is 2.15. The van der Waals surface area contributed by atoms with Gasteiger partial charge in [0.1, 0.15) is 54.6 Å². The van der Waals surface area contributed by atoms with E-state index >= 15 is 0 Å². The summed E-state index contributed by atoms with van der Waals surface area (Å²) in [5.74, 6) is -14.4. The number of carbonyl (C=O) groups excluding carboxylic acids is 11. The smallest absolute Gasteiger partial charge is 0.303 e. The van der Waals surface area contributed by atoms with Crippen LogP contribution in [0.2, 0.25) is 0 Å². The van der Waals surface area contributed by atoms with Gasteiger partial charge in [0.25, 0.3) is 0 Å². The number of rotatable bonds is 13. The average molecular weight is 969 g/mol. The van der Waals surface area contributed by atoms with E-state index < -0.39 is 176 Å². The number of aliphatic carboxylic acids is 1. The number of carbonyl (C=O) groups is 12. The number of carboxylic acids is 1. The van der Waals surface area contributed by atoms with Crippen LogP contribution in [-0.2, 0) is 57.5 Å². The Morgan fingerprint density at radius 2 is 1.22 bits per heavy atom. The van der Waals surface area contributed by atoms with Gasteiger partial charge in [-0.2, -0.15) is 0 Å². The van der Waals surface area contributed by atoms with Crippen molar-refractivity contribution in [2.45, 2.75) is 152 Å². The molecular formula is C40H64N12O16. The van der Waals surface area contributed by atoms with Gasteiger partial charge in [-0.3, -0.25) is 57.5 Å². The zero-order chi connectivity index (χ0) is 51.2. The van der Waals surface area contributed by atoms with Crippen molar-refractivity contribution in [3.05, 3.63) is 0 Å². The van der Waals surface area contributed by atoms with E-state index in [-0.39, 0.29) is 45.2 Å². The van der Waals surface area contributed by atoms with Gasteiger partial charge in [-0.1, -0.05) is 13.8 Å². The molecule has 380 valence electrons. The number of unbranched alkanes of at least 4 members (excludes halogenated alkanes) is 1. The van der Waals surface area contributed by atoms with E-state index in [1.807, 2.05) is 0 Å². The molecule has 28 nitrogen and oxygen atoms in total. The van der Waals surface area contributed by atoms with Gasteiger partial charge in [0.05, 0.1) is 31.6 Å². The van der Waals surface area contributed by atoms with Gasteiger partial charge in [-0.25, -0.2) is 0 Å². The number of fused-ring (bicyclic) bond motifs is 2. The molecule has 0 radical (unpaired) electrons. The van der Waals surface area contributed by atoms with Crippen LogP contribution in [0.1, 0.15) is 85.0 Å². The van der Waals surface area contributed by atoms with Gasteiger partial charge in [-0.05, 0) is 64.3 Å². The third-order valence-electron chi connectivity index (χ3n) is 11.5. The Labute approximate surface area is 389 Å². The number of aliphatic hydroxyl groups is 3. The SMILES string of the molecule is CC(C)[C@@H]1NC(=O)[C@@H]2C(O)CCN2C(=O)[C@H]([C@@H](C)O)NC(=O)[C@H](CCCCN)NC(=O)[C@H](CCC(=O)O)NC(=O)[C@H](CC(N)=O)NC(=O)CNC(=O)[C@@H]2CCC(O)N2C(=O)[C@H](CC(N)=O)NC1=O. The minimum absolute atomic E-state index is 0.152. The molecule has 2 unspecified atom stereocenters. The number of nitrogens with two attached hydrogens (primary N) is 3. The zero-order valence-electron chi connectivity index (χ0n) is 37.9. The predicted octanol–water partition coefficient (Wildman–Crippen LogP) is -7.92. The van der Waals surface area contributed by atoms with Gasteiger partial charge in [-0.15, -0.1) is 0 Å². The topological polar surface area (TPSA) is 455 Å². The molecule has 0 aromatic heterocycles. The normalized spacial score (nSPS) is 29.3. The van der Waals surface area contributed by atoms with Crippen molar-refractivity contribution in [3.8, 4) is 0 Å². The molecule has 11 amide bonds. The molecule has 3 heterocycles. The fourth-order valence-corrected chi connectivity index (χ4v) is 7.91. The lowest BCUT2D eigenvalue weighted by atomic mass is 10.0. The minimum atomic E-state index is -1.84. The van der Waals surface area contributed by atoms with Crippen LogP contribution in [0.4, 0.5) is 0 Å². The number of primary amides is 2. The zero-order valence-corrected chi connectivity index (χ0v) is 37.9. The molecule has 3 fully saturated rings. The summed E-state index contributed by atoms with van der Waals surface area (Å²) in [4.78, 5) is 161. The number of nitrogens with zero attached hydrogens (tertiary/aromatic N) is 2. The van der Waals surface area contributed by atoms with Crippen molar-refractivity contribution in [1.82, 2.24) is 47.0 Å². The summed E-state index contributed by atoms with van der Waals surface area (Å²) in [5, 5.41) is 58.3. The standard InChI is InChI=1S/C40H64N12O16/c1-17(2)30-37(65)48-22(15-26(43)56)39(67)52-23(8-9-28(52)58)36(64)44-16-27(57)45-21(14-25(42)55)35(63)47-20(7-10-29(59)60)33(61)46-19(6-4-5-12-41)34(62)50-31(18(3)53)40(68)51-13-11-24(54)32(51)38(66)49-30/h17-24,28,30-32,53-54,58H,4-16,41H2,1-3H3,(H2,42,55)(H2,43,56)(H,44,64)(H,45,57)(H,46,61)(H,47,63)(H,48,65)(H,49,66)(H,50,62)(H,59,60)/t18-,19+,20+,21+,22+,23+,24?,28?,30+,31+,32+/m1/s1. The number of hydrogen-bond acceptors (Lipinski definition) is 16.